The molecule has 0 atom stereocenters. The fraction of sp³-hybridized carbons (Fsp3) is 1.00. The predicted molar refractivity (Wildman–Crippen MR) is 79.8 cm³/mol. The highest BCUT2D eigenvalue weighted by molar-refractivity contribution is 7.89. The molecule has 0 rings (SSSR count). The van der Waals surface area contributed by atoms with E-state index in [1.807, 2.05) is 6.92 Å². The van der Waals surface area contributed by atoms with Crippen LogP contribution in [0, 0.1) is 5.41 Å². The molecule has 0 spiro atoms. The molecule has 4 nitrogen and oxygen atoms in total. The second-order valence-corrected chi connectivity index (χ2v) is 7.68. The number of hydrogen-bond donors (Lipinski definition) is 1. The minimum atomic E-state index is -3.19. The summed E-state index contributed by atoms with van der Waals surface area (Å²) in [6.07, 6.45) is 1.65. The molecule has 18 heavy (non-hydrogen) atoms. The third kappa shape index (κ3) is 6.97. The number of hydrogen-bond acceptors (Lipinski definition) is 4. The highest BCUT2D eigenvalue weighted by Crippen LogP contribution is 2.22. The van der Waals surface area contributed by atoms with Crippen molar-refractivity contribution < 1.29 is 13.2 Å². The molecule has 0 unspecified atom stereocenters. The van der Waals surface area contributed by atoms with Crippen LogP contribution in [0.5, 0.6) is 0 Å². The van der Waals surface area contributed by atoms with Gasteiger partial charge < -0.3 is 4.74 Å². The second kappa shape index (κ2) is 8.40. The average molecular weight is 297 g/mol. The monoisotopic (exact) mass is 297 g/mol. The molecule has 0 aromatic heterocycles. The molecular weight excluding hydrogens is 270 g/mol. The van der Waals surface area contributed by atoms with Gasteiger partial charge in [-0.1, -0.05) is 20.8 Å². The SMILES string of the molecule is CCCN(CCC(C)(C)CS)S(=O)(=O)CCOC. The summed E-state index contributed by atoms with van der Waals surface area (Å²) in [6.45, 7) is 7.58. The quantitative estimate of drug-likeness (QED) is 0.628. The van der Waals surface area contributed by atoms with Gasteiger partial charge >= 0.3 is 0 Å². The van der Waals surface area contributed by atoms with E-state index >= 15 is 0 Å². The van der Waals surface area contributed by atoms with Gasteiger partial charge in [0.05, 0.1) is 12.4 Å². The van der Waals surface area contributed by atoms with Gasteiger partial charge in [0.25, 0.3) is 0 Å². The summed E-state index contributed by atoms with van der Waals surface area (Å²) in [5, 5.41) is 0. The van der Waals surface area contributed by atoms with E-state index in [1.165, 1.54) is 7.11 Å². The zero-order chi connectivity index (χ0) is 14.2. The van der Waals surface area contributed by atoms with Gasteiger partial charge in [-0.25, -0.2) is 12.7 Å². The Bertz CT molecular complexity index is 315. The van der Waals surface area contributed by atoms with Crippen LogP contribution in [0.25, 0.3) is 0 Å². The lowest BCUT2D eigenvalue weighted by Crippen LogP contribution is -2.37. The van der Waals surface area contributed by atoms with Crippen molar-refractivity contribution in [3.05, 3.63) is 0 Å². The summed E-state index contributed by atoms with van der Waals surface area (Å²) in [7, 11) is -1.68. The highest BCUT2D eigenvalue weighted by atomic mass is 32.2. The molecule has 0 aliphatic heterocycles. The van der Waals surface area contributed by atoms with Crippen molar-refractivity contribution >= 4 is 22.7 Å². The normalized spacial score (nSPS) is 13.2. The maximum Gasteiger partial charge on any atom is 0.216 e. The summed E-state index contributed by atoms with van der Waals surface area (Å²) in [6, 6.07) is 0. The van der Waals surface area contributed by atoms with Gasteiger partial charge in [0, 0.05) is 20.2 Å². The Hall–Kier alpha value is 0.220. The molecule has 0 bridgehead atoms. The van der Waals surface area contributed by atoms with Crippen molar-refractivity contribution in [2.45, 2.75) is 33.6 Å². The Morgan fingerprint density at radius 3 is 2.33 bits per heavy atom. The molecule has 0 aliphatic carbocycles. The third-order valence-electron chi connectivity index (χ3n) is 2.88. The first-order valence-electron chi connectivity index (χ1n) is 6.36. The van der Waals surface area contributed by atoms with Gasteiger partial charge in [0.2, 0.25) is 10.0 Å². The van der Waals surface area contributed by atoms with Gasteiger partial charge in [-0.05, 0) is 24.0 Å². The molecule has 0 saturated heterocycles. The summed E-state index contributed by atoms with van der Waals surface area (Å²) in [4.78, 5) is 0. The first kappa shape index (κ1) is 18.2. The molecule has 0 heterocycles. The topological polar surface area (TPSA) is 46.6 Å². The van der Waals surface area contributed by atoms with Crippen molar-refractivity contribution in [2.75, 3.05) is 38.3 Å². The summed E-state index contributed by atoms with van der Waals surface area (Å²) >= 11 is 4.30. The van der Waals surface area contributed by atoms with Crippen LogP contribution in [0.2, 0.25) is 0 Å². The van der Waals surface area contributed by atoms with Crippen molar-refractivity contribution in [1.29, 1.82) is 0 Å². The number of ether oxygens (including phenoxy) is 1. The van der Waals surface area contributed by atoms with Crippen LogP contribution in [0.3, 0.4) is 0 Å². The number of methoxy groups -OCH3 is 1. The lowest BCUT2D eigenvalue weighted by molar-refractivity contribution is 0.215. The zero-order valence-corrected chi connectivity index (χ0v) is 13.7. The van der Waals surface area contributed by atoms with E-state index in [0.717, 1.165) is 18.6 Å². The van der Waals surface area contributed by atoms with E-state index in [0.29, 0.717) is 13.1 Å². The molecule has 0 amide bonds. The Balaban J connectivity index is 4.56. The molecule has 6 heteroatoms. The van der Waals surface area contributed by atoms with Gasteiger partial charge in [0.15, 0.2) is 0 Å². The van der Waals surface area contributed by atoms with Crippen molar-refractivity contribution in [2.24, 2.45) is 5.41 Å². The van der Waals surface area contributed by atoms with E-state index in [1.54, 1.807) is 4.31 Å². The lowest BCUT2D eigenvalue weighted by Gasteiger charge is -2.27. The summed E-state index contributed by atoms with van der Waals surface area (Å²) < 4.78 is 30.7. The lowest BCUT2D eigenvalue weighted by atomic mass is 9.92. The smallest absolute Gasteiger partial charge is 0.216 e. The molecule has 0 fully saturated rings. The maximum absolute atomic E-state index is 12.1. The Morgan fingerprint density at radius 2 is 1.89 bits per heavy atom. The first-order valence-corrected chi connectivity index (χ1v) is 8.61. The van der Waals surface area contributed by atoms with E-state index in [-0.39, 0.29) is 17.8 Å². The van der Waals surface area contributed by atoms with Crippen molar-refractivity contribution in [3.8, 4) is 0 Å². The fourth-order valence-electron chi connectivity index (χ4n) is 1.46. The average Bonchev–Trinajstić information content (AvgIpc) is 2.31. The predicted octanol–water partition coefficient (Wildman–Crippen LogP) is 2.02. The van der Waals surface area contributed by atoms with Gasteiger partial charge in [0.1, 0.15) is 0 Å². The molecule has 0 aromatic rings. The Labute approximate surface area is 118 Å². The Kier molecular flexibility index (Phi) is 8.51. The van der Waals surface area contributed by atoms with Crippen molar-refractivity contribution in [1.82, 2.24) is 4.31 Å². The number of sulfonamides is 1. The van der Waals surface area contributed by atoms with Crippen molar-refractivity contribution in [3.63, 3.8) is 0 Å². The fourth-order valence-corrected chi connectivity index (χ4v) is 3.09. The van der Waals surface area contributed by atoms with Crippen LogP contribution in [0.15, 0.2) is 0 Å². The molecule has 0 aromatic carbocycles. The van der Waals surface area contributed by atoms with E-state index in [2.05, 4.69) is 26.5 Å². The Morgan fingerprint density at radius 1 is 1.28 bits per heavy atom. The van der Waals surface area contributed by atoms with Crippen LogP contribution in [-0.2, 0) is 14.8 Å². The van der Waals surface area contributed by atoms with E-state index < -0.39 is 10.0 Å². The van der Waals surface area contributed by atoms with Gasteiger partial charge in [-0.15, -0.1) is 0 Å². The van der Waals surface area contributed by atoms with Crippen LogP contribution in [0.1, 0.15) is 33.6 Å². The van der Waals surface area contributed by atoms with E-state index in [4.69, 9.17) is 4.74 Å². The minimum absolute atomic E-state index is 0.0603. The zero-order valence-electron chi connectivity index (χ0n) is 12.0. The van der Waals surface area contributed by atoms with Gasteiger partial charge in [-0.3, -0.25) is 0 Å². The van der Waals surface area contributed by atoms with Crippen LogP contribution < -0.4 is 0 Å². The number of rotatable bonds is 10. The number of thiol groups is 1. The summed E-state index contributed by atoms with van der Waals surface area (Å²) in [5.41, 5.74) is 0.0614. The second-order valence-electron chi connectivity index (χ2n) is 5.28. The first-order chi connectivity index (χ1) is 8.29. The van der Waals surface area contributed by atoms with Crippen LogP contribution >= 0.6 is 12.6 Å². The largest absolute Gasteiger partial charge is 0.384 e. The molecule has 0 saturated carbocycles. The molecule has 0 N–H and O–H groups in total. The standard InChI is InChI=1S/C12H27NO3S2/c1-5-7-13(8-6-12(2,3)11-17)18(14,15)10-9-16-4/h17H,5-11H2,1-4H3. The molecular formula is C12H27NO3S2. The maximum atomic E-state index is 12.1. The minimum Gasteiger partial charge on any atom is -0.384 e. The van der Waals surface area contributed by atoms with Gasteiger partial charge in [-0.2, -0.15) is 12.6 Å². The third-order valence-corrected chi connectivity index (χ3v) is 5.57. The summed E-state index contributed by atoms with van der Waals surface area (Å²) in [5.74, 6) is 0.815. The molecule has 0 radical (unpaired) electrons. The highest BCUT2D eigenvalue weighted by Gasteiger charge is 2.24. The van der Waals surface area contributed by atoms with Crippen LogP contribution in [0.4, 0.5) is 0 Å². The van der Waals surface area contributed by atoms with E-state index in [9.17, 15) is 8.42 Å². The van der Waals surface area contributed by atoms with Crippen LogP contribution in [-0.4, -0.2) is 51.0 Å². The molecule has 0 aliphatic rings. The molecule has 110 valence electrons. The number of nitrogens with zero attached hydrogens (tertiary/aromatic N) is 1.